The number of fused-ring (bicyclic) bond motifs is 7. The molecule has 5 aliphatic carbocycles. The van der Waals surface area contributed by atoms with Crippen molar-refractivity contribution in [2.75, 3.05) is 19.8 Å². The molecule has 23 heteroatoms. The van der Waals surface area contributed by atoms with Crippen LogP contribution in [0.2, 0.25) is 0 Å². The lowest BCUT2D eigenvalue weighted by molar-refractivity contribution is -0.401. The number of aliphatic hydroxyl groups is 13. The third-order valence-electron chi connectivity index (χ3n) is 21.7. The Kier molecular flexibility index (Phi) is 15.0. The van der Waals surface area contributed by atoms with E-state index in [-0.39, 0.29) is 17.8 Å². The largest absolute Gasteiger partial charge is 0.455 e. The Morgan fingerprint density at radius 1 is 0.579 bits per heavy atom. The first kappa shape index (κ1) is 57.6. The van der Waals surface area contributed by atoms with Crippen LogP contribution in [0.3, 0.4) is 0 Å². The van der Waals surface area contributed by atoms with Crippen LogP contribution in [0.15, 0.2) is 11.1 Å². The minimum Gasteiger partial charge on any atom is -0.455 e. The van der Waals surface area contributed by atoms with Crippen molar-refractivity contribution < 1.29 is 114 Å². The smallest absolute Gasteiger partial charge is 0.316 e. The highest BCUT2D eigenvalue weighted by molar-refractivity contribution is 5.86. The number of esters is 1. The van der Waals surface area contributed by atoms with E-state index in [9.17, 15) is 71.2 Å². The molecule has 1 spiro atoms. The zero-order chi connectivity index (χ0) is 55.4. The molecule has 434 valence electrons. The van der Waals surface area contributed by atoms with Crippen molar-refractivity contribution in [3.8, 4) is 0 Å². The topological polar surface area (TPSA) is 363 Å². The van der Waals surface area contributed by atoms with Gasteiger partial charge in [0.05, 0.1) is 43.5 Å². The van der Waals surface area contributed by atoms with E-state index in [4.69, 9.17) is 42.6 Å². The predicted molar refractivity (Wildman–Crippen MR) is 256 cm³/mol. The molecule has 13 N–H and O–H groups in total. The monoisotopic (exact) mass is 1090 g/mol. The van der Waals surface area contributed by atoms with Crippen LogP contribution in [0.5, 0.6) is 0 Å². The maximum atomic E-state index is 13.9. The van der Waals surface area contributed by atoms with Gasteiger partial charge in [0.1, 0.15) is 96.7 Å². The summed E-state index contributed by atoms with van der Waals surface area (Å²) in [5.74, 6) is -0.543. The number of carbonyl (C=O) groups is 1. The number of hydrogen-bond donors (Lipinski definition) is 13. The van der Waals surface area contributed by atoms with E-state index in [0.717, 1.165) is 24.0 Å². The number of rotatable bonds is 10. The first-order valence-corrected chi connectivity index (χ1v) is 27.4. The fraction of sp³-hybridized carbons (Fsp3) is 0.943. The van der Waals surface area contributed by atoms with E-state index in [0.29, 0.717) is 44.9 Å². The predicted octanol–water partition coefficient (Wildman–Crippen LogP) is -2.12. The zero-order valence-electron chi connectivity index (χ0n) is 44.7. The highest BCUT2D eigenvalue weighted by Gasteiger charge is 2.75. The minimum atomic E-state index is -1.97. The quantitative estimate of drug-likeness (QED) is 0.0632. The van der Waals surface area contributed by atoms with Gasteiger partial charge in [0.2, 0.25) is 0 Å². The summed E-state index contributed by atoms with van der Waals surface area (Å²) in [4.78, 5) is 13.9. The van der Waals surface area contributed by atoms with Crippen molar-refractivity contribution in [3.05, 3.63) is 11.1 Å². The lowest BCUT2D eigenvalue weighted by Crippen LogP contribution is -2.72. The summed E-state index contributed by atoms with van der Waals surface area (Å²) in [6.07, 6.45) is -28.4. The van der Waals surface area contributed by atoms with Gasteiger partial charge in [-0.25, -0.2) is 0 Å². The van der Waals surface area contributed by atoms with Crippen molar-refractivity contribution in [1.29, 1.82) is 0 Å². The van der Waals surface area contributed by atoms with E-state index >= 15 is 0 Å². The van der Waals surface area contributed by atoms with Gasteiger partial charge < -0.3 is 109 Å². The van der Waals surface area contributed by atoms with Crippen molar-refractivity contribution in [2.24, 2.45) is 38.9 Å². The van der Waals surface area contributed by atoms with Gasteiger partial charge in [-0.3, -0.25) is 4.79 Å². The Bertz CT molecular complexity index is 2200. The normalized spacial score (nSPS) is 57.0. The van der Waals surface area contributed by atoms with Gasteiger partial charge in [-0.2, -0.15) is 0 Å². The average Bonchev–Trinajstić information content (AvgIpc) is 3.56. The van der Waals surface area contributed by atoms with E-state index < -0.39 is 187 Å². The minimum absolute atomic E-state index is 0.0530. The molecule has 0 amide bonds. The lowest BCUT2D eigenvalue weighted by atomic mass is 9.33. The summed E-state index contributed by atoms with van der Waals surface area (Å²) in [5.41, 5.74) is -3.72. The van der Waals surface area contributed by atoms with Crippen molar-refractivity contribution in [1.82, 2.24) is 0 Å². The second-order valence-corrected chi connectivity index (χ2v) is 25.9. The van der Waals surface area contributed by atoms with Crippen LogP contribution in [-0.4, -0.2) is 232 Å². The van der Waals surface area contributed by atoms with E-state index in [1.165, 1.54) is 6.92 Å². The molecule has 4 saturated carbocycles. The molecule has 0 aromatic carbocycles. The summed E-state index contributed by atoms with van der Waals surface area (Å²) < 4.78 is 55.5. The van der Waals surface area contributed by atoms with Gasteiger partial charge in [0, 0.05) is 0 Å². The first-order chi connectivity index (χ1) is 35.5. The Morgan fingerprint density at radius 2 is 1.16 bits per heavy atom. The third-order valence-corrected chi connectivity index (χ3v) is 21.7. The fourth-order valence-electron chi connectivity index (χ4n) is 16.9. The summed E-state index contributed by atoms with van der Waals surface area (Å²) >= 11 is 0. The standard InChI is InChI=1S/C53H84O23/c1-21-29(58)32(61)35(64)42(69-21)75-39-37(73-45-38(34(63)31(60)26(19-55)71-45)74-43-36(65)33(62)30(59)25(18-54)70-43)24(57)20-68-44(39)72-28-10-11-48(4)27(47(28,2)3)9-12-50(6)41(48)23(56)17-22-40-52(8,67)51(7)14-16-53(40,46(66)76-51)15-13-49(22,50)5/h21,23-39,41-45,54-65,67H,9-20H2,1-8H3/t21-,23-,24-,25+,26+,27?,28-,29-,30+,31+,32+,33-,34-,35+,36+,37-,38+,39+,41+,42-,43-,44-,45-,48-,49+,50+,51-,52-,53+/m0/s1. The molecule has 2 bridgehead atoms. The number of aliphatic hydroxyl groups excluding tert-OH is 12. The van der Waals surface area contributed by atoms with Crippen molar-refractivity contribution >= 4 is 5.97 Å². The van der Waals surface area contributed by atoms with Crippen LogP contribution in [0.4, 0.5) is 0 Å². The van der Waals surface area contributed by atoms with Gasteiger partial charge in [0.25, 0.3) is 0 Å². The third kappa shape index (κ3) is 8.33. The molecule has 6 heterocycles. The summed E-state index contributed by atoms with van der Waals surface area (Å²) in [7, 11) is 0. The SMILES string of the molecule is C[C@@H]1O[C@@H](O[C@H]2[C@H](O[C@H]3CC[C@@]4(C)C(CC[C@]5(C)[C@@H]4[C@@H](O)CC4=C6[C@]7(CC[C@](C)(OC7=O)[C@@]6(C)O)CC[C@]45C)C3(C)C)OC[C@H](O)[C@@H]2O[C@@H]2O[C@H](CO)[C@@H](O)[C@H](O)[C@H]2O[C@@H]2O[C@H](CO)[C@@H](O)[C@H](O)[C@H]2O)[C@H](O)[C@H](O)[C@H]1O. The molecule has 29 atom stereocenters. The Hall–Kier alpha value is -1.63. The Balaban J connectivity index is 0.946. The number of carbonyl (C=O) groups excluding carboxylic acids is 1. The molecule has 0 radical (unpaired) electrons. The molecular formula is C53H84O23. The molecule has 6 saturated heterocycles. The summed E-state index contributed by atoms with van der Waals surface area (Å²) in [5, 5.41) is 144. The molecule has 76 heavy (non-hydrogen) atoms. The molecular weight excluding hydrogens is 1000 g/mol. The van der Waals surface area contributed by atoms with Gasteiger partial charge >= 0.3 is 5.97 Å². The summed E-state index contributed by atoms with van der Waals surface area (Å²) in [6, 6.07) is 0. The van der Waals surface area contributed by atoms with Crippen LogP contribution in [0.25, 0.3) is 0 Å². The van der Waals surface area contributed by atoms with Crippen LogP contribution in [-0.2, 0) is 47.4 Å². The average molecular weight is 1090 g/mol. The van der Waals surface area contributed by atoms with E-state index in [1.807, 2.05) is 6.92 Å². The van der Waals surface area contributed by atoms with Crippen LogP contribution in [0, 0.1) is 38.9 Å². The Morgan fingerprint density at radius 3 is 1.80 bits per heavy atom. The molecule has 0 aromatic rings. The van der Waals surface area contributed by atoms with Crippen LogP contribution in [0.1, 0.15) is 113 Å². The number of ether oxygens (including phenoxy) is 9. The van der Waals surface area contributed by atoms with Gasteiger partial charge in [0.15, 0.2) is 25.2 Å². The van der Waals surface area contributed by atoms with E-state index in [2.05, 4.69) is 34.6 Å². The maximum absolute atomic E-state index is 13.9. The van der Waals surface area contributed by atoms with Crippen LogP contribution >= 0.6 is 0 Å². The van der Waals surface area contributed by atoms with Gasteiger partial charge in [-0.1, -0.05) is 40.2 Å². The van der Waals surface area contributed by atoms with Crippen LogP contribution < -0.4 is 0 Å². The van der Waals surface area contributed by atoms with E-state index in [1.54, 1.807) is 6.92 Å². The Labute approximate surface area is 441 Å². The molecule has 11 aliphatic rings. The fourth-order valence-corrected chi connectivity index (χ4v) is 16.9. The number of hydrogen-bond acceptors (Lipinski definition) is 23. The second-order valence-electron chi connectivity index (χ2n) is 25.9. The zero-order valence-corrected chi connectivity index (χ0v) is 44.7. The molecule has 1 unspecified atom stereocenters. The highest BCUT2D eigenvalue weighted by atomic mass is 16.8. The molecule has 0 aromatic heterocycles. The van der Waals surface area contributed by atoms with Gasteiger partial charge in [-0.15, -0.1) is 0 Å². The maximum Gasteiger partial charge on any atom is 0.316 e. The molecule has 6 aliphatic heterocycles. The highest BCUT2D eigenvalue weighted by Crippen LogP contribution is 2.77. The lowest BCUT2D eigenvalue weighted by Gasteiger charge is -2.73. The molecule has 10 fully saturated rings. The van der Waals surface area contributed by atoms with Crippen molar-refractivity contribution in [3.63, 3.8) is 0 Å². The second kappa shape index (κ2) is 19.8. The molecule has 11 rings (SSSR count). The molecule has 23 nitrogen and oxygen atoms in total. The van der Waals surface area contributed by atoms with Gasteiger partial charge in [-0.05, 0) is 118 Å². The van der Waals surface area contributed by atoms with Crippen molar-refractivity contribution in [2.45, 2.75) is 253 Å². The first-order valence-electron chi connectivity index (χ1n) is 27.4. The summed E-state index contributed by atoms with van der Waals surface area (Å²) in [6.45, 7) is 13.9.